The van der Waals surface area contributed by atoms with Gasteiger partial charge in [0.25, 0.3) is 0 Å². The van der Waals surface area contributed by atoms with E-state index in [1.165, 1.54) is 19.3 Å². The molecule has 0 bridgehead atoms. The Morgan fingerprint density at radius 3 is 2.75 bits per heavy atom. The van der Waals surface area contributed by atoms with Crippen molar-refractivity contribution in [3.8, 4) is 0 Å². The number of rotatable bonds is 4. The standard InChI is InChI=1S/C9H19BO2/c1-2-3-4-5-8-7(11)6-9(10)12-8/h7-9,11H,2-6,10H2,1H3. The van der Waals surface area contributed by atoms with Crippen molar-refractivity contribution in [3.05, 3.63) is 0 Å². The van der Waals surface area contributed by atoms with Crippen LogP contribution >= 0.6 is 0 Å². The van der Waals surface area contributed by atoms with E-state index < -0.39 is 0 Å². The minimum Gasteiger partial charge on any atom is -0.390 e. The molecule has 3 heteroatoms. The third-order valence-electron chi connectivity index (χ3n) is 2.50. The van der Waals surface area contributed by atoms with E-state index in [1.807, 2.05) is 7.85 Å². The monoisotopic (exact) mass is 170 g/mol. The molecule has 0 aliphatic carbocycles. The summed E-state index contributed by atoms with van der Waals surface area (Å²) in [4.78, 5) is 0. The second-order valence-corrected chi connectivity index (χ2v) is 3.78. The summed E-state index contributed by atoms with van der Waals surface area (Å²) in [5.74, 6) is 0. The molecule has 0 aromatic rings. The maximum absolute atomic E-state index is 9.53. The van der Waals surface area contributed by atoms with E-state index in [0.29, 0.717) is 0 Å². The molecule has 1 saturated heterocycles. The molecule has 0 amide bonds. The molecular formula is C9H19BO2. The fraction of sp³-hybridized carbons (Fsp3) is 1.00. The fourth-order valence-electron chi connectivity index (χ4n) is 1.79. The first-order chi connectivity index (χ1) is 5.74. The van der Waals surface area contributed by atoms with Gasteiger partial charge in [0.1, 0.15) is 7.85 Å². The van der Waals surface area contributed by atoms with E-state index in [2.05, 4.69) is 6.92 Å². The normalized spacial score (nSPS) is 35.7. The molecule has 1 N–H and O–H groups in total. The van der Waals surface area contributed by atoms with Gasteiger partial charge in [-0.15, -0.1) is 0 Å². The van der Waals surface area contributed by atoms with Crippen molar-refractivity contribution in [2.75, 3.05) is 0 Å². The van der Waals surface area contributed by atoms with Crippen LogP contribution in [0.2, 0.25) is 0 Å². The molecule has 0 saturated carbocycles. The Kier molecular flexibility index (Phi) is 4.09. The van der Waals surface area contributed by atoms with Gasteiger partial charge in [-0.25, -0.2) is 0 Å². The van der Waals surface area contributed by atoms with Crippen molar-refractivity contribution in [3.63, 3.8) is 0 Å². The molecule has 12 heavy (non-hydrogen) atoms. The summed E-state index contributed by atoms with van der Waals surface area (Å²) in [5.41, 5.74) is 0. The van der Waals surface area contributed by atoms with Crippen LogP contribution in [0.15, 0.2) is 0 Å². The van der Waals surface area contributed by atoms with E-state index in [-0.39, 0.29) is 18.2 Å². The highest BCUT2D eigenvalue weighted by Gasteiger charge is 2.30. The maximum Gasteiger partial charge on any atom is 0.139 e. The number of aliphatic hydroxyl groups is 1. The van der Waals surface area contributed by atoms with Crippen molar-refractivity contribution in [1.29, 1.82) is 0 Å². The first kappa shape index (κ1) is 10.1. The van der Waals surface area contributed by atoms with Crippen LogP contribution in [0.25, 0.3) is 0 Å². The SMILES string of the molecule is BC1CC(O)C(CCCCC)O1. The van der Waals surface area contributed by atoms with Gasteiger partial charge >= 0.3 is 0 Å². The predicted molar refractivity (Wildman–Crippen MR) is 52.0 cm³/mol. The number of aliphatic hydroxyl groups excluding tert-OH is 1. The third kappa shape index (κ3) is 2.79. The Morgan fingerprint density at radius 1 is 1.50 bits per heavy atom. The van der Waals surface area contributed by atoms with Gasteiger partial charge in [-0.05, 0) is 12.8 Å². The molecule has 1 fully saturated rings. The van der Waals surface area contributed by atoms with E-state index in [0.717, 1.165) is 12.8 Å². The highest BCUT2D eigenvalue weighted by Crippen LogP contribution is 2.22. The van der Waals surface area contributed by atoms with Gasteiger partial charge in [0, 0.05) is 6.00 Å². The van der Waals surface area contributed by atoms with Crippen LogP contribution in [-0.2, 0) is 4.74 Å². The third-order valence-corrected chi connectivity index (χ3v) is 2.50. The van der Waals surface area contributed by atoms with E-state index in [4.69, 9.17) is 4.74 Å². The van der Waals surface area contributed by atoms with Crippen molar-refractivity contribution >= 4 is 7.85 Å². The lowest BCUT2D eigenvalue weighted by Gasteiger charge is -2.13. The highest BCUT2D eigenvalue weighted by atomic mass is 16.5. The Balaban J connectivity index is 2.15. The van der Waals surface area contributed by atoms with Gasteiger partial charge in [-0.3, -0.25) is 0 Å². The average Bonchev–Trinajstić information content (AvgIpc) is 2.31. The van der Waals surface area contributed by atoms with Crippen LogP contribution in [0.1, 0.15) is 39.0 Å². The van der Waals surface area contributed by atoms with Crippen molar-refractivity contribution < 1.29 is 9.84 Å². The molecule has 70 valence electrons. The Morgan fingerprint density at radius 2 is 2.25 bits per heavy atom. The molecule has 3 atom stereocenters. The molecule has 0 aromatic carbocycles. The van der Waals surface area contributed by atoms with Gasteiger partial charge in [0.15, 0.2) is 0 Å². The van der Waals surface area contributed by atoms with Gasteiger partial charge in [0.2, 0.25) is 0 Å². The predicted octanol–water partition coefficient (Wildman–Crippen LogP) is 0.676. The lowest BCUT2D eigenvalue weighted by Crippen LogP contribution is -2.20. The van der Waals surface area contributed by atoms with Gasteiger partial charge in [-0.2, -0.15) is 0 Å². The van der Waals surface area contributed by atoms with E-state index in [9.17, 15) is 5.11 Å². The van der Waals surface area contributed by atoms with Gasteiger partial charge in [0.05, 0.1) is 12.2 Å². The minimum absolute atomic E-state index is 0.117. The first-order valence-electron chi connectivity index (χ1n) is 5.07. The van der Waals surface area contributed by atoms with Crippen molar-refractivity contribution in [2.24, 2.45) is 0 Å². The van der Waals surface area contributed by atoms with Gasteiger partial charge in [-0.1, -0.05) is 26.2 Å². The summed E-state index contributed by atoms with van der Waals surface area (Å²) < 4.78 is 5.57. The fourth-order valence-corrected chi connectivity index (χ4v) is 1.79. The molecule has 0 radical (unpaired) electrons. The van der Waals surface area contributed by atoms with Crippen LogP contribution < -0.4 is 0 Å². The Labute approximate surface area is 75.7 Å². The second kappa shape index (κ2) is 4.88. The van der Waals surface area contributed by atoms with Crippen LogP contribution in [-0.4, -0.2) is 31.2 Å². The molecule has 1 rings (SSSR count). The highest BCUT2D eigenvalue weighted by molar-refractivity contribution is 6.11. The quantitative estimate of drug-likeness (QED) is 0.496. The molecule has 1 aliphatic heterocycles. The molecule has 0 aromatic heterocycles. The van der Waals surface area contributed by atoms with E-state index >= 15 is 0 Å². The molecule has 0 spiro atoms. The van der Waals surface area contributed by atoms with E-state index in [1.54, 1.807) is 0 Å². The van der Waals surface area contributed by atoms with Crippen LogP contribution in [0.4, 0.5) is 0 Å². The minimum atomic E-state index is -0.211. The van der Waals surface area contributed by atoms with Crippen LogP contribution in [0.5, 0.6) is 0 Å². The van der Waals surface area contributed by atoms with Crippen LogP contribution in [0.3, 0.4) is 0 Å². The maximum atomic E-state index is 9.53. The number of hydrogen-bond acceptors (Lipinski definition) is 2. The van der Waals surface area contributed by atoms with Crippen LogP contribution in [0, 0.1) is 0 Å². The zero-order valence-corrected chi connectivity index (χ0v) is 8.12. The van der Waals surface area contributed by atoms with Crippen molar-refractivity contribution in [2.45, 2.75) is 57.2 Å². The lowest BCUT2D eigenvalue weighted by atomic mass is 9.95. The smallest absolute Gasteiger partial charge is 0.139 e. The summed E-state index contributed by atoms with van der Waals surface area (Å²) in [6.45, 7) is 2.19. The molecule has 3 unspecified atom stereocenters. The largest absolute Gasteiger partial charge is 0.390 e. The Bertz CT molecular complexity index is 130. The summed E-state index contributed by atoms with van der Waals surface area (Å²) in [5, 5.41) is 9.53. The van der Waals surface area contributed by atoms with Crippen molar-refractivity contribution in [1.82, 2.24) is 0 Å². The topological polar surface area (TPSA) is 29.5 Å². The summed E-state index contributed by atoms with van der Waals surface area (Å²) in [7, 11) is 2.03. The van der Waals surface area contributed by atoms with Gasteiger partial charge < -0.3 is 9.84 Å². The average molecular weight is 170 g/mol. The molecule has 2 nitrogen and oxygen atoms in total. The second-order valence-electron chi connectivity index (χ2n) is 3.78. The molecule has 1 aliphatic rings. The zero-order valence-electron chi connectivity index (χ0n) is 8.12. The number of ether oxygens (including phenoxy) is 1. The lowest BCUT2D eigenvalue weighted by molar-refractivity contribution is 0.0257. The summed E-state index contributed by atoms with van der Waals surface area (Å²) >= 11 is 0. The number of unbranched alkanes of at least 4 members (excludes halogenated alkanes) is 2. The molecule has 1 heterocycles. The zero-order chi connectivity index (χ0) is 8.97. The summed E-state index contributed by atoms with van der Waals surface area (Å²) in [6.07, 6.45) is 5.42. The number of hydrogen-bond donors (Lipinski definition) is 1. The molecular weight excluding hydrogens is 151 g/mol. The Hall–Kier alpha value is -0.0151. The summed E-state index contributed by atoms with van der Waals surface area (Å²) in [6, 6.07) is 0.256. The first-order valence-corrected chi connectivity index (χ1v) is 5.07.